The first-order valence-corrected chi connectivity index (χ1v) is 7.30. The molecule has 5 heteroatoms. The number of benzene rings is 2. The molecule has 3 rings (SSSR count). The molecule has 2 aromatic rings. The second-order valence-electron chi connectivity index (χ2n) is 5.05. The highest BCUT2D eigenvalue weighted by atomic mass is 35.5. The lowest BCUT2D eigenvalue weighted by molar-refractivity contribution is -0.112. The molecule has 22 heavy (non-hydrogen) atoms. The van der Waals surface area contributed by atoms with E-state index in [0.717, 1.165) is 11.1 Å². The number of carbonyl (C=O) groups is 2. The molecule has 2 aromatic carbocycles. The Labute approximate surface area is 133 Å². The summed E-state index contributed by atoms with van der Waals surface area (Å²) in [5, 5.41) is -0.591. The molecule has 0 spiro atoms. The lowest BCUT2D eigenvalue weighted by Crippen LogP contribution is -2.31. The predicted molar refractivity (Wildman–Crippen MR) is 82.4 cm³/mol. The summed E-state index contributed by atoms with van der Waals surface area (Å²) in [4.78, 5) is 24.8. The van der Waals surface area contributed by atoms with Crippen molar-refractivity contribution in [1.82, 2.24) is 4.90 Å². The van der Waals surface area contributed by atoms with Crippen molar-refractivity contribution in [3.63, 3.8) is 0 Å². The van der Waals surface area contributed by atoms with Crippen molar-refractivity contribution >= 4 is 22.9 Å². The number of hydrogen-bond acceptors (Lipinski definition) is 3. The molecule has 1 amide bonds. The fourth-order valence-corrected chi connectivity index (χ4v) is 2.84. The lowest BCUT2D eigenvalue weighted by Gasteiger charge is -2.24. The van der Waals surface area contributed by atoms with Crippen molar-refractivity contribution in [2.75, 3.05) is 6.54 Å². The Kier molecular flexibility index (Phi) is 4.11. The van der Waals surface area contributed by atoms with Crippen LogP contribution in [0, 0.1) is 0 Å². The summed E-state index contributed by atoms with van der Waals surface area (Å²) >= 11 is 5.48. The zero-order chi connectivity index (χ0) is 15.5. The van der Waals surface area contributed by atoms with Gasteiger partial charge in [-0.1, -0.05) is 60.7 Å². The molecule has 0 radical (unpaired) electrons. The quantitative estimate of drug-likeness (QED) is 0.808. The van der Waals surface area contributed by atoms with E-state index >= 15 is 0 Å². The second-order valence-corrected chi connectivity index (χ2v) is 5.48. The highest BCUT2D eigenvalue weighted by molar-refractivity contribution is 6.64. The van der Waals surface area contributed by atoms with E-state index in [2.05, 4.69) is 0 Å². The van der Waals surface area contributed by atoms with Gasteiger partial charge in [-0.05, 0) is 22.7 Å². The molecule has 4 nitrogen and oxygen atoms in total. The summed E-state index contributed by atoms with van der Waals surface area (Å²) < 4.78 is 5.50. The molecular formula is C17H14ClNO3. The summed E-state index contributed by atoms with van der Waals surface area (Å²) in [6.45, 7) is -0.177. The van der Waals surface area contributed by atoms with E-state index in [1.54, 1.807) is 0 Å². The van der Waals surface area contributed by atoms with Crippen molar-refractivity contribution in [3.8, 4) is 0 Å². The standard InChI is InChI=1S/C17H14ClNO3/c18-14(20)11-19-15(12-7-3-1-4-8-12)16(22-17(19)21)13-9-5-2-6-10-13/h1-10,15-16H,11H2/t15-,16+/m0/s1. The van der Waals surface area contributed by atoms with Crippen molar-refractivity contribution in [2.45, 2.75) is 12.1 Å². The van der Waals surface area contributed by atoms with Crippen LogP contribution in [0.1, 0.15) is 23.3 Å². The Morgan fingerprint density at radius 3 is 2.09 bits per heavy atom. The fraction of sp³-hybridized carbons (Fsp3) is 0.176. The fourth-order valence-electron chi connectivity index (χ4n) is 2.71. The van der Waals surface area contributed by atoms with E-state index in [1.165, 1.54) is 4.90 Å². The third kappa shape index (κ3) is 2.83. The molecule has 0 N–H and O–H groups in total. The van der Waals surface area contributed by atoms with E-state index < -0.39 is 17.4 Å². The van der Waals surface area contributed by atoms with Crippen LogP contribution in [-0.2, 0) is 9.53 Å². The first kappa shape index (κ1) is 14.6. The van der Waals surface area contributed by atoms with Gasteiger partial charge in [0, 0.05) is 0 Å². The minimum absolute atomic E-state index is 0.177. The SMILES string of the molecule is O=C(Cl)CN1C(=O)O[C@H](c2ccccc2)[C@@H]1c1ccccc1. The number of hydrogen-bond donors (Lipinski definition) is 0. The van der Waals surface area contributed by atoms with Gasteiger partial charge in [0.2, 0.25) is 5.24 Å². The summed E-state index contributed by atoms with van der Waals surface area (Å²) in [6.07, 6.45) is -0.996. The van der Waals surface area contributed by atoms with Crippen LogP contribution < -0.4 is 0 Å². The highest BCUT2D eigenvalue weighted by Crippen LogP contribution is 2.42. The maximum Gasteiger partial charge on any atom is 0.411 e. The van der Waals surface area contributed by atoms with Gasteiger partial charge in [0.1, 0.15) is 6.04 Å². The number of halogens is 1. The highest BCUT2D eigenvalue weighted by Gasteiger charge is 2.43. The maximum absolute atomic E-state index is 12.2. The number of cyclic esters (lactones) is 1. The minimum Gasteiger partial charge on any atom is -0.439 e. The first-order chi connectivity index (χ1) is 10.7. The van der Waals surface area contributed by atoms with Crippen LogP contribution in [0.15, 0.2) is 60.7 Å². The van der Waals surface area contributed by atoms with E-state index in [0.29, 0.717) is 0 Å². The maximum atomic E-state index is 12.2. The topological polar surface area (TPSA) is 46.6 Å². The Balaban J connectivity index is 2.02. The van der Waals surface area contributed by atoms with Gasteiger partial charge in [-0.3, -0.25) is 9.69 Å². The normalized spacial score (nSPS) is 20.8. The number of amides is 1. The molecule has 0 aromatic heterocycles. The zero-order valence-corrected chi connectivity index (χ0v) is 12.4. The van der Waals surface area contributed by atoms with E-state index in [9.17, 15) is 9.59 Å². The molecule has 0 saturated carbocycles. The van der Waals surface area contributed by atoms with Gasteiger partial charge in [-0.2, -0.15) is 0 Å². The van der Waals surface area contributed by atoms with Gasteiger partial charge in [0.25, 0.3) is 0 Å². The predicted octanol–water partition coefficient (Wildman–Crippen LogP) is 3.69. The van der Waals surface area contributed by atoms with Gasteiger partial charge in [-0.25, -0.2) is 4.79 Å². The average Bonchev–Trinajstić information content (AvgIpc) is 2.85. The van der Waals surface area contributed by atoms with Crippen molar-refractivity contribution in [1.29, 1.82) is 0 Å². The molecule has 0 aliphatic carbocycles. The average molecular weight is 316 g/mol. The third-order valence-corrected chi connectivity index (χ3v) is 3.77. The summed E-state index contributed by atoms with van der Waals surface area (Å²) in [6, 6.07) is 18.6. The van der Waals surface area contributed by atoms with Crippen LogP contribution >= 0.6 is 11.6 Å². The van der Waals surface area contributed by atoms with Crippen molar-refractivity contribution in [2.24, 2.45) is 0 Å². The Bertz CT molecular complexity index is 675. The van der Waals surface area contributed by atoms with Crippen LogP contribution in [0.4, 0.5) is 4.79 Å². The van der Waals surface area contributed by atoms with Gasteiger partial charge in [0.05, 0.1) is 6.54 Å². The van der Waals surface area contributed by atoms with Crippen LogP contribution in [0.2, 0.25) is 0 Å². The number of ether oxygens (including phenoxy) is 1. The van der Waals surface area contributed by atoms with Crippen LogP contribution in [-0.4, -0.2) is 22.8 Å². The molecule has 112 valence electrons. The molecule has 0 unspecified atom stereocenters. The molecule has 0 bridgehead atoms. The lowest BCUT2D eigenvalue weighted by atomic mass is 9.95. The van der Waals surface area contributed by atoms with Gasteiger partial charge < -0.3 is 4.74 Å². The van der Waals surface area contributed by atoms with Gasteiger partial charge >= 0.3 is 6.09 Å². The van der Waals surface area contributed by atoms with Crippen molar-refractivity contribution < 1.29 is 14.3 Å². The van der Waals surface area contributed by atoms with Crippen LogP contribution in [0.5, 0.6) is 0 Å². The number of nitrogens with zero attached hydrogens (tertiary/aromatic N) is 1. The second kappa shape index (κ2) is 6.20. The largest absolute Gasteiger partial charge is 0.439 e. The van der Waals surface area contributed by atoms with Crippen molar-refractivity contribution in [3.05, 3.63) is 71.8 Å². The summed E-state index contributed by atoms with van der Waals surface area (Å²) in [5.74, 6) is 0. The van der Waals surface area contributed by atoms with E-state index in [4.69, 9.17) is 16.3 Å². The van der Waals surface area contributed by atoms with Gasteiger partial charge in [0.15, 0.2) is 6.10 Å². The smallest absolute Gasteiger partial charge is 0.411 e. The minimum atomic E-state index is -0.591. The summed E-state index contributed by atoms with van der Waals surface area (Å²) in [7, 11) is 0. The van der Waals surface area contributed by atoms with Crippen LogP contribution in [0.25, 0.3) is 0 Å². The Morgan fingerprint density at radius 2 is 1.55 bits per heavy atom. The molecule has 1 heterocycles. The summed E-state index contributed by atoms with van der Waals surface area (Å²) in [5.41, 5.74) is 1.79. The van der Waals surface area contributed by atoms with E-state index in [-0.39, 0.29) is 12.6 Å². The number of rotatable bonds is 4. The molecule has 1 aliphatic rings. The number of carbonyl (C=O) groups excluding carboxylic acids is 2. The monoisotopic (exact) mass is 315 g/mol. The zero-order valence-electron chi connectivity index (χ0n) is 11.7. The first-order valence-electron chi connectivity index (χ1n) is 6.92. The van der Waals surface area contributed by atoms with E-state index in [1.807, 2.05) is 60.7 Å². The molecular weight excluding hydrogens is 302 g/mol. The Morgan fingerprint density at radius 1 is 1.00 bits per heavy atom. The molecule has 1 aliphatic heterocycles. The Hall–Kier alpha value is -2.33. The molecule has 1 fully saturated rings. The van der Waals surface area contributed by atoms with Gasteiger partial charge in [-0.15, -0.1) is 0 Å². The van der Waals surface area contributed by atoms with Crippen LogP contribution in [0.3, 0.4) is 0 Å². The molecule has 2 atom stereocenters. The molecule has 1 saturated heterocycles. The third-order valence-electron chi connectivity index (χ3n) is 3.65.